The van der Waals surface area contributed by atoms with Gasteiger partial charge in [-0.15, -0.1) is 0 Å². The average Bonchev–Trinajstić information content (AvgIpc) is 3.68. The Morgan fingerprint density at radius 2 is 2.00 bits per heavy atom. The van der Waals surface area contributed by atoms with Crippen LogP contribution in [0.5, 0.6) is 5.75 Å². The average molecular weight is 457 g/mol. The van der Waals surface area contributed by atoms with Crippen molar-refractivity contribution in [2.75, 3.05) is 26.0 Å². The number of sulfonamides is 1. The minimum atomic E-state index is -3.21. The van der Waals surface area contributed by atoms with E-state index in [0.29, 0.717) is 30.5 Å². The Bertz CT molecular complexity index is 1150. The van der Waals surface area contributed by atoms with E-state index in [1.54, 1.807) is 12.1 Å². The van der Waals surface area contributed by atoms with Crippen LogP contribution in [-0.4, -0.2) is 51.4 Å². The molecular weight excluding hydrogens is 427 g/mol. The van der Waals surface area contributed by atoms with Gasteiger partial charge >= 0.3 is 0 Å². The maximum absolute atomic E-state index is 13.8. The minimum Gasteiger partial charge on any atom is -0.492 e. The topological polar surface area (TPSA) is 58.4 Å². The standard InChI is InChI=1S/C25H29FN2O3S/c1-28-23-24(28)25(23)14-18-7-8-20(31-10-9-27-32(29,30)15-16-5-6-16)13-21(18)22(25)12-17-3-2-4-19(26)11-17/h2-4,7-8,11,13,16,22-24,27H,5-6,9-10,12,14-15H2,1H3. The molecule has 1 spiro atoms. The molecule has 2 aromatic rings. The van der Waals surface area contributed by atoms with Crippen LogP contribution < -0.4 is 9.46 Å². The Labute approximate surface area is 189 Å². The van der Waals surface area contributed by atoms with Gasteiger partial charge in [0.15, 0.2) is 0 Å². The number of hydrogen-bond donors (Lipinski definition) is 1. The third kappa shape index (κ3) is 3.55. The molecule has 32 heavy (non-hydrogen) atoms. The Balaban J connectivity index is 1.15. The molecular formula is C25H29FN2O3S. The van der Waals surface area contributed by atoms with E-state index >= 15 is 0 Å². The number of benzene rings is 2. The number of hydrogen-bond acceptors (Lipinski definition) is 4. The highest BCUT2D eigenvalue weighted by molar-refractivity contribution is 7.89. The molecule has 0 bridgehead atoms. The second kappa shape index (κ2) is 7.27. The van der Waals surface area contributed by atoms with Gasteiger partial charge in [-0.1, -0.05) is 18.2 Å². The number of ether oxygens (including phenoxy) is 1. The van der Waals surface area contributed by atoms with Crippen LogP contribution in [0, 0.1) is 17.2 Å². The fraction of sp³-hybridized carbons (Fsp3) is 0.520. The molecule has 2 aromatic carbocycles. The van der Waals surface area contributed by atoms with Crippen molar-refractivity contribution in [3.8, 4) is 5.75 Å². The largest absolute Gasteiger partial charge is 0.492 e. The van der Waals surface area contributed by atoms with Gasteiger partial charge in [-0.05, 0) is 85.5 Å². The second-order valence-corrected chi connectivity index (χ2v) is 11.9. The Kier molecular flexibility index (Phi) is 4.69. The lowest BCUT2D eigenvalue weighted by molar-refractivity contribution is 0.226. The molecule has 3 atom stereocenters. The van der Waals surface area contributed by atoms with Crippen LogP contribution in [0.2, 0.25) is 0 Å². The highest BCUT2D eigenvalue weighted by Gasteiger charge is 2.84. The molecule has 2 saturated carbocycles. The summed E-state index contributed by atoms with van der Waals surface area (Å²) < 4.78 is 46.4. The quantitative estimate of drug-likeness (QED) is 0.465. The molecule has 1 heterocycles. The zero-order valence-electron chi connectivity index (χ0n) is 18.3. The summed E-state index contributed by atoms with van der Waals surface area (Å²) in [5, 5.41) is 0. The molecule has 3 unspecified atom stereocenters. The summed E-state index contributed by atoms with van der Waals surface area (Å²) in [4.78, 5) is 2.43. The van der Waals surface area contributed by atoms with Gasteiger partial charge in [0, 0.05) is 24.0 Å². The van der Waals surface area contributed by atoms with E-state index < -0.39 is 10.0 Å². The van der Waals surface area contributed by atoms with Gasteiger partial charge in [0.1, 0.15) is 18.2 Å². The summed E-state index contributed by atoms with van der Waals surface area (Å²) in [7, 11) is -1.03. The van der Waals surface area contributed by atoms with Crippen molar-refractivity contribution in [1.82, 2.24) is 9.62 Å². The van der Waals surface area contributed by atoms with Gasteiger partial charge in [0.25, 0.3) is 0 Å². The van der Waals surface area contributed by atoms with E-state index in [4.69, 9.17) is 4.74 Å². The summed E-state index contributed by atoms with van der Waals surface area (Å²) in [6.07, 6.45) is 3.93. The molecule has 0 amide bonds. The lowest BCUT2D eigenvalue weighted by Crippen LogP contribution is -2.31. The van der Waals surface area contributed by atoms with E-state index in [2.05, 4.69) is 28.8 Å². The van der Waals surface area contributed by atoms with Crippen LogP contribution in [0.1, 0.15) is 35.4 Å². The number of nitrogens with one attached hydrogen (secondary N) is 1. The Morgan fingerprint density at radius 3 is 2.72 bits per heavy atom. The molecule has 170 valence electrons. The second-order valence-electron chi connectivity index (χ2n) is 10.1. The summed E-state index contributed by atoms with van der Waals surface area (Å²) in [6.45, 7) is 0.577. The molecule has 0 aromatic heterocycles. The van der Waals surface area contributed by atoms with Crippen LogP contribution in [0.3, 0.4) is 0 Å². The predicted octanol–water partition coefficient (Wildman–Crippen LogP) is 3.10. The number of likely N-dealkylation sites (N-methyl/N-ethyl adjacent to an activating group) is 1. The maximum Gasteiger partial charge on any atom is 0.211 e. The van der Waals surface area contributed by atoms with Crippen molar-refractivity contribution in [1.29, 1.82) is 0 Å². The number of rotatable bonds is 9. The van der Waals surface area contributed by atoms with E-state index in [1.807, 2.05) is 12.1 Å². The van der Waals surface area contributed by atoms with E-state index in [1.165, 1.54) is 17.2 Å². The first-order chi connectivity index (χ1) is 15.4. The zero-order valence-corrected chi connectivity index (χ0v) is 19.1. The molecule has 1 N–H and O–H groups in total. The molecule has 7 heteroatoms. The maximum atomic E-state index is 13.8. The normalized spacial score (nSPS) is 31.9. The first kappa shape index (κ1) is 20.6. The predicted molar refractivity (Wildman–Crippen MR) is 121 cm³/mol. The van der Waals surface area contributed by atoms with Gasteiger partial charge in [-0.3, -0.25) is 4.90 Å². The van der Waals surface area contributed by atoms with Crippen LogP contribution in [0.25, 0.3) is 0 Å². The third-order valence-electron chi connectivity index (χ3n) is 7.89. The minimum absolute atomic E-state index is 0.186. The summed E-state index contributed by atoms with van der Waals surface area (Å²) in [6, 6.07) is 14.5. The number of halogens is 1. The number of likely N-dealkylation sites (tertiary alicyclic amines) is 1. The van der Waals surface area contributed by atoms with Gasteiger partial charge in [-0.2, -0.15) is 0 Å². The van der Waals surface area contributed by atoms with Gasteiger partial charge in [-0.25, -0.2) is 17.5 Å². The first-order valence-electron chi connectivity index (χ1n) is 11.6. The summed E-state index contributed by atoms with van der Waals surface area (Å²) in [5.74, 6) is 1.50. The van der Waals surface area contributed by atoms with Crippen molar-refractivity contribution in [2.24, 2.45) is 11.3 Å². The molecule has 3 fully saturated rings. The van der Waals surface area contributed by atoms with Crippen molar-refractivity contribution >= 4 is 10.0 Å². The highest BCUT2D eigenvalue weighted by atomic mass is 32.2. The first-order valence-corrected chi connectivity index (χ1v) is 13.2. The molecule has 1 aliphatic heterocycles. The van der Waals surface area contributed by atoms with Gasteiger partial charge in [0.2, 0.25) is 10.0 Å². The van der Waals surface area contributed by atoms with Crippen LogP contribution >= 0.6 is 0 Å². The lowest BCUT2D eigenvalue weighted by Gasteiger charge is -2.29. The summed E-state index contributed by atoms with van der Waals surface area (Å²) in [5.41, 5.74) is 3.99. The Hall–Kier alpha value is -1.96. The van der Waals surface area contributed by atoms with Crippen LogP contribution in [-0.2, 0) is 22.9 Å². The smallest absolute Gasteiger partial charge is 0.211 e. The SMILES string of the molecule is CN1C2C1C21Cc2ccc(OCCNS(=O)(=O)CC3CC3)cc2C1Cc1cccc(F)c1. The molecule has 4 aliphatic rings. The summed E-state index contributed by atoms with van der Waals surface area (Å²) >= 11 is 0. The van der Waals surface area contributed by atoms with E-state index in [-0.39, 0.29) is 23.5 Å². The molecule has 6 rings (SSSR count). The molecule has 3 aliphatic carbocycles. The van der Waals surface area contributed by atoms with Crippen LogP contribution in [0.4, 0.5) is 4.39 Å². The lowest BCUT2D eigenvalue weighted by atomic mass is 9.81. The molecule has 0 radical (unpaired) electrons. The van der Waals surface area contributed by atoms with E-state index in [0.717, 1.165) is 37.0 Å². The van der Waals surface area contributed by atoms with Crippen molar-refractivity contribution < 1.29 is 17.5 Å². The van der Waals surface area contributed by atoms with Crippen molar-refractivity contribution in [2.45, 2.75) is 43.7 Å². The number of nitrogens with zero attached hydrogens (tertiary/aromatic N) is 1. The fourth-order valence-corrected chi connectivity index (χ4v) is 7.63. The highest BCUT2D eigenvalue weighted by Crippen LogP contribution is 2.76. The monoisotopic (exact) mass is 456 g/mol. The van der Waals surface area contributed by atoms with E-state index in [9.17, 15) is 12.8 Å². The number of fused-ring (bicyclic) bond motifs is 4. The molecule has 5 nitrogen and oxygen atoms in total. The third-order valence-corrected chi connectivity index (χ3v) is 9.45. The fourth-order valence-electron chi connectivity index (χ4n) is 6.16. The van der Waals surface area contributed by atoms with Gasteiger partial charge < -0.3 is 4.74 Å². The Morgan fingerprint density at radius 1 is 1.19 bits per heavy atom. The van der Waals surface area contributed by atoms with Crippen molar-refractivity contribution in [3.05, 3.63) is 65.0 Å². The molecule has 1 saturated heterocycles. The van der Waals surface area contributed by atoms with Crippen molar-refractivity contribution in [3.63, 3.8) is 0 Å². The van der Waals surface area contributed by atoms with Gasteiger partial charge in [0.05, 0.1) is 5.75 Å². The van der Waals surface area contributed by atoms with Crippen LogP contribution in [0.15, 0.2) is 42.5 Å². The zero-order chi connectivity index (χ0) is 22.1.